The van der Waals surface area contributed by atoms with Crippen molar-refractivity contribution < 1.29 is 24.5 Å². The Kier molecular flexibility index (Phi) is 5.83. The molecule has 0 bridgehead atoms. The summed E-state index contributed by atoms with van der Waals surface area (Å²) in [4.78, 5) is 31.5. The van der Waals surface area contributed by atoms with Crippen molar-refractivity contribution in [3.05, 3.63) is 94.3 Å². The zero-order chi connectivity index (χ0) is 22.8. The van der Waals surface area contributed by atoms with Gasteiger partial charge in [0.15, 0.2) is 0 Å². The monoisotopic (exact) mass is 450 g/mol. The lowest BCUT2D eigenvalue weighted by Gasteiger charge is -2.25. The number of carbonyl (C=O) groups excluding carboxylic acids is 2. The molecule has 1 aliphatic heterocycles. The highest BCUT2D eigenvalue weighted by Gasteiger charge is 2.46. The van der Waals surface area contributed by atoms with Crippen molar-refractivity contribution in [3.63, 3.8) is 0 Å². The van der Waals surface area contributed by atoms with Gasteiger partial charge in [0, 0.05) is 24.5 Å². The van der Waals surface area contributed by atoms with Crippen LogP contribution in [0.5, 0.6) is 11.5 Å². The number of amides is 1. The number of hydrogen-bond donors (Lipinski definition) is 2. The van der Waals surface area contributed by atoms with Crippen molar-refractivity contribution in [1.29, 1.82) is 0 Å². The summed E-state index contributed by atoms with van der Waals surface area (Å²) in [5, 5.41) is 21.1. The number of aliphatic hydroxyl groups is 1. The Balaban J connectivity index is 1.89. The van der Waals surface area contributed by atoms with E-state index in [0.717, 1.165) is 5.56 Å². The minimum atomic E-state index is -0.891. The lowest BCUT2D eigenvalue weighted by Crippen LogP contribution is -2.29. The first kappa shape index (κ1) is 21.4. The molecule has 1 aliphatic rings. The van der Waals surface area contributed by atoms with Gasteiger partial charge in [-0.1, -0.05) is 29.8 Å². The number of methoxy groups -OCH3 is 1. The smallest absolute Gasteiger partial charge is 0.295 e. The molecule has 1 atom stereocenters. The van der Waals surface area contributed by atoms with E-state index in [-0.39, 0.29) is 28.5 Å². The van der Waals surface area contributed by atoms with Crippen LogP contribution < -0.4 is 4.74 Å². The van der Waals surface area contributed by atoms with E-state index in [0.29, 0.717) is 11.3 Å². The summed E-state index contributed by atoms with van der Waals surface area (Å²) >= 11 is 6.29. The van der Waals surface area contributed by atoms with Crippen LogP contribution in [0.2, 0.25) is 5.02 Å². The number of hydrogen-bond acceptors (Lipinski definition) is 6. The van der Waals surface area contributed by atoms with Gasteiger partial charge < -0.3 is 19.8 Å². The summed E-state index contributed by atoms with van der Waals surface area (Å²) in [6.07, 6.45) is 3.21. The number of rotatable bonds is 5. The molecule has 3 aromatic rings. The molecule has 1 amide bonds. The lowest BCUT2D eigenvalue weighted by atomic mass is 9.95. The standard InChI is InChI=1S/C24H19ClN2O5/c1-32-17-8-9-19(25)18(11-17)22(29)20-21(15-4-6-16(28)7-5-15)27(24(31)23(20)30)13-14-3-2-10-26-12-14/h2-12,21,28-29H,13H2,1H3/b22-20+. The van der Waals surface area contributed by atoms with Crippen LogP contribution in [-0.4, -0.2) is 38.9 Å². The maximum atomic E-state index is 13.1. The Morgan fingerprint density at radius 1 is 1.16 bits per heavy atom. The summed E-state index contributed by atoms with van der Waals surface area (Å²) in [7, 11) is 1.47. The van der Waals surface area contributed by atoms with Crippen LogP contribution in [0.1, 0.15) is 22.7 Å². The van der Waals surface area contributed by atoms with Gasteiger partial charge in [-0.05, 0) is 47.5 Å². The molecule has 1 fully saturated rings. The summed E-state index contributed by atoms with van der Waals surface area (Å²) in [6.45, 7) is 0.104. The van der Waals surface area contributed by atoms with Crippen LogP contribution in [0.25, 0.3) is 5.76 Å². The molecule has 8 heteroatoms. The first-order valence-electron chi connectivity index (χ1n) is 9.71. The topological polar surface area (TPSA) is 100.0 Å². The number of aromatic nitrogens is 1. The molecule has 0 aliphatic carbocycles. The predicted molar refractivity (Wildman–Crippen MR) is 118 cm³/mol. The number of carbonyl (C=O) groups is 2. The number of pyridine rings is 1. The minimum Gasteiger partial charge on any atom is -0.508 e. The number of phenolic OH excluding ortho intramolecular Hbond substituents is 1. The largest absolute Gasteiger partial charge is 0.508 e. The van der Waals surface area contributed by atoms with Gasteiger partial charge in [0.1, 0.15) is 17.3 Å². The number of Topliss-reactive ketones (excluding diaryl/α,β-unsaturated/α-hetero) is 1. The zero-order valence-electron chi connectivity index (χ0n) is 17.0. The molecular weight excluding hydrogens is 432 g/mol. The first-order chi connectivity index (χ1) is 15.4. The number of phenols is 1. The van der Waals surface area contributed by atoms with E-state index in [9.17, 15) is 19.8 Å². The van der Waals surface area contributed by atoms with E-state index in [1.165, 1.54) is 36.3 Å². The van der Waals surface area contributed by atoms with E-state index in [1.807, 2.05) is 0 Å². The average Bonchev–Trinajstić information content (AvgIpc) is 3.05. The third-order valence-corrected chi connectivity index (χ3v) is 5.58. The maximum Gasteiger partial charge on any atom is 0.295 e. The van der Waals surface area contributed by atoms with Gasteiger partial charge in [0.25, 0.3) is 11.7 Å². The van der Waals surface area contributed by atoms with Crippen molar-refractivity contribution in [1.82, 2.24) is 9.88 Å². The molecule has 1 saturated heterocycles. The van der Waals surface area contributed by atoms with Gasteiger partial charge in [-0.3, -0.25) is 14.6 Å². The third-order valence-electron chi connectivity index (χ3n) is 5.25. The third kappa shape index (κ3) is 3.90. The van der Waals surface area contributed by atoms with Gasteiger partial charge >= 0.3 is 0 Å². The maximum absolute atomic E-state index is 13.1. The van der Waals surface area contributed by atoms with Crippen molar-refractivity contribution in [2.24, 2.45) is 0 Å². The van der Waals surface area contributed by atoms with Gasteiger partial charge in [-0.2, -0.15) is 0 Å². The van der Waals surface area contributed by atoms with Crippen molar-refractivity contribution in [3.8, 4) is 11.5 Å². The van der Waals surface area contributed by atoms with Gasteiger partial charge in [0.05, 0.1) is 23.7 Å². The number of ether oxygens (including phenoxy) is 1. The molecule has 4 rings (SSSR count). The Morgan fingerprint density at radius 3 is 2.56 bits per heavy atom. The van der Waals surface area contributed by atoms with E-state index in [1.54, 1.807) is 42.7 Å². The lowest BCUT2D eigenvalue weighted by molar-refractivity contribution is -0.140. The highest BCUT2D eigenvalue weighted by molar-refractivity contribution is 6.47. The van der Waals surface area contributed by atoms with E-state index in [2.05, 4.69) is 4.98 Å². The minimum absolute atomic E-state index is 0.0359. The Bertz CT molecular complexity index is 1210. The second-order valence-electron chi connectivity index (χ2n) is 7.23. The molecule has 2 N–H and O–H groups in total. The van der Waals surface area contributed by atoms with Crippen LogP contribution in [0, 0.1) is 0 Å². The molecule has 1 aromatic heterocycles. The Labute approximate surface area is 189 Å². The van der Waals surface area contributed by atoms with Crippen LogP contribution in [0.4, 0.5) is 0 Å². The normalized spacial score (nSPS) is 17.6. The second kappa shape index (κ2) is 8.72. The molecular formula is C24H19ClN2O5. The molecule has 0 radical (unpaired) electrons. The number of nitrogens with zero attached hydrogens (tertiary/aromatic N) is 2. The molecule has 7 nitrogen and oxygen atoms in total. The Hall–Kier alpha value is -3.84. The van der Waals surface area contributed by atoms with Crippen LogP contribution in [0.3, 0.4) is 0 Å². The van der Waals surface area contributed by atoms with Gasteiger partial charge in [-0.15, -0.1) is 0 Å². The van der Waals surface area contributed by atoms with Gasteiger partial charge in [0.2, 0.25) is 0 Å². The molecule has 32 heavy (non-hydrogen) atoms. The number of ketones is 1. The van der Waals surface area contributed by atoms with Crippen LogP contribution in [-0.2, 0) is 16.1 Å². The SMILES string of the molecule is COc1ccc(Cl)c(/C(O)=C2\C(=O)C(=O)N(Cc3cccnc3)C2c2ccc(O)cc2)c1. The summed E-state index contributed by atoms with van der Waals surface area (Å²) in [5.74, 6) is -1.52. The fourth-order valence-corrected chi connectivity index (χ4v) is 3.90. The van der Waals surface area contributed by atoms with Gasteiger partial charge in [-0.25, -0.2) is 0 Å². The highest BCUT2D eigenvalue weighted by atomic mass is 35.5. The number of benzene rings is 2. The van der Waals surface area contributed by atoms with Crippen molar-refractivity contribution in [2.75, 3.05) is 7.11 Å². The summed E-state index contributed by atoms with van der Waals surface area (Å²) < 4.78 is 5.21. The molecule has 0 saturated carbocycles. The van der Waals surface area contributed by atoms with Crippen LogP contribution in [0.15, 0.2) is 72.6 Å². The number of likely N-dealkylation sites (tertiary alicyclic amines) is 1. The fourth-order valence-electron chi connectivity index (χ4n) is 3.69. The molecule has 1 unspecified atom stereocenters. The predicted octanol–water partition coefficient (Wildman–Crippen LogP) is 4.07. The molecule has 162 valence electrons. The zero-order valence-corrected chi connectivity index (χ0v) is 17.8. The molecule has 0 spiro atoms. The average molecular weight is 451 g/mol. The van der Waals surface area contributed by atoms with E-state index >= 15 is 0 Å². The van der Waals surface area contributed by atoms with E-state index in [4.69, 9.17) is 16.3 Å². The van der Waals surface area contributed by atoms with Crippen molar-refractivity contribution >= 4 is 29.1 Å². The summed E-state index contributed by atoms with van der Waals surface area (Å²) in [6, 6.07) is 13.4. The van der Waals surface area contributed by atoms with Crippen molar-refractivity contribution in [2.45, 2.75) is 12.6 Å². The molecule has 2 aromatic carbocycles. The number of halogens is 1. The highest BCUT2D eigenvalue weighted by Crippen LogP contribution is 2.42. The number of aliphatic hydroxyl groups excluding tert-OH is 1. The van der Waals surface area contributed by atoms with Crippen LogP contribution >= 0.6 is 11.6 Å². The quantitative estimate of drug-likeness (QED) is 0.345. The first-order valence-corrected chi connectivity index (χ1v) is 10.1. The second-order valence-corrected chi connectivity index (χ2v) is 7.63. The Morgan fingerprint density at radius 2 is 1.91 bits per heavy atom. The number of aromatic hydroxyl groups is 1. The fraction of sp³-hybridized carbons (Fsp3) is 0.125. The van der Waals surface area contributed by atoms with E-state index < -0.39 is 23.5 Å². The molecule has 2 heterocycles. The summed E-state index contributed by atoms with van der Waals surface area (Å²) in [5.41, 5.74) is 1.35.